The Bertz CT molecular complexity index is 1040. The Hall–Kier alpha value is -3.11. The Morgan fingerprint density at radius 1 is 0.806 bits per heavy atom. The fourth-order valence-electron chi connectivity index (χ4n) is 3.70. The molecule has 3 aromatic rings. The lowest BCUT2D eigenvalue weighted by atomic mass is 9.93. The van der Waals surface area contributed by atoms with Crippen molar-refractivity contribution in [2.24, 2.45) is 0 Å². The van der Waals surface area contributed by atoms with E-state index in [9.17, 15) is 4.79 Å². The Morgan fingerprint density at radius 3 is 1.97 bits per heavy atom. The normalized spacial score (nSPS) is 14.2. The van der Waals surface area contributed by atoms with Gasteiger partial charge in [-0.15, -0.1) is 0 Å². The van der Waals surface area contributed by atoms with Gasteiger partial charge in [-0.2, -0.15) is 0 Å². The third-order valence-corrected chi connectivity index (χ3v) is 5.60. The topological polar surface area (TPSA) is 38.8 Å². The summed E-state index contributed by atoms with van der Waals surface area (Å²) in [6, 6.07) is 23.9. The van der Waals surface area contributed by atoms with Crippen molar-refractivity contribution in [2.75, 3.05) is 6.54 Å². The maximum absolute atomic E-state index is 13.0. The van der Waals surface area contributed by atoms with Crippen molar-refractivity contribution in [3.05, 3.63) is 95.1 Å². The van der Waals surface area contributed by atoms with Gasteiger partial charge in [0, 0.05) is 29.3 Å². The molecule has 4 nitrogen and oxygen atoms in total. The van der Waals surface area contributed by atoms with Gasteiger partial charge < -0.3 is 9.47 Å². The van der Waals surface area contributed by atoms with Crippen LogP contribution in [-0.4, -0.2) is 22.8 Å². The standard InChI is InChI=1S/C27H29NO3/c1-27(2,3)28-16-24-23(25(29)17-28)14-22(30-18-20-10-6-4-7-11-20)15-26(24)31-19-21-12-8-5-9-13-21/h4-15H,16-19H2,1-3H3. The van der Waals surface area contributed by atoms with Crippen LogP contribution in [0.4, 0.5) is 0 Å². The van der Waals surface area contributed by atoms with Crippen LogP contribution in [0.25, 0.3) is 0 Å². The SMILES string of the molecule is CC(C)(C)N1CC(=O)c2cc(OCc3ccccc3)cc(OCc3ccccc3)c2C1. The second-order valence-electron chi connectivity index (χ2n) is 8.95. The average molecular weight is 416 g/mol. The van der Waals surface area contributed by atoms with Crippen LogP contribution >= 0.6 is 0 Å². The number of hydrogen-bond donors (Lipinski definition) is 0. The number of hydrogen-bond acceptors (Lipinski definition) is 4. The summed E-state index contributed by atoms with van der Waals surface area (Å²) < 4.78 is 12.3. The van der Waals surface area contributed by atoms with Gasteiger partial charge in [-0.25, -0.2) is 0 Å². The predicted molar refractivity (Wildman–Crippen MR) is 122 cm³/mol. The molecule has 0 fully saturated rings. The van der Waals surface area contributed by atoms with E-state index >= 15 is 0 Å². The van der Waals surface area contributed by atoms with Crippen molar-refractivity contribution in [1.29, 1.82) is 0 Å². The van der Waals surface area contributed by atoms with E-state index in [0.717, 1.165) is 16.7 Å². The minimum Gasteiger partial charge on any atom is -0.489 e. The number of fused-ring (bicyclic) bond motifs is 1. The van der Waals surface area contributed by atoms with Crippen LogP contribution in [0.3, 0.4) is 0 Å². The first-order valence-electron chi connectivity index (χ1n) is 10.7. The summed E-state index contributed by atoms with van der Waals surface area (Å²) in [4.78, 5) is 15.2. The first kappa shape index (κ1) is 21.1. The molecule has 0 bridgehead atoms. The van der Waals surface area contributed by atoms with E-state index in [-0.39, 0.29) is 11.3 Å². The molecule has 4 heteroatoms. The average Bonchev–Trinajstić information content (AvgIpc) is 2.77. The molecule has 0 aromatic heterocycles. The highest BCUT2D eigenvalue weighted by atomic mass is 16.5. The van der Waals surface area contributed by atoms with Gasteiger partial charge in [0.15, 0.2) is 5.78 Å². The smallest absolute Gasteiger partial charge is 0.177 e. The summed E-state index contributed by atoms with van der Waals surface area (Å²) in [7, 11) is 0. The van der Waals surface area contributed by atoms with Crippen LogP contribution in [0.1, 0.15) is 47.8 Å². The maximum atomic E-state index is 13.0. The van der Waals surface area contributed by atoms with Gasteiger partial charge in [0.05, 0.1) is 6.54 Å². The number of nitrogens with zero attached hydrogens (tertiary/aromatic N) is 1. The summed E-state index contributed by atoms with van der Waals surface area (Å²) in [6.45, 7) is 8.36. The summed E-state index contributed by atoms with van der Waals surface area (Å²) in [6.07, 6.45) is 0. The molecule has 0 amide bonds. The second kappa shape index (κ2) is 8.94. The molecule has 0 saturated heterocycles. The van der Waals surface area contributed by atoms with Gasteiger partial charge in [-0.05, 0) is 38.0 Å². The lowest BCUT2D eigenvalue weighted by Gasteiger charge is -2.38. The fourth-order valence-corrected chi connectivity index (χ4v) is 3.70. The molecule has 1 aliphatic heterocycles. The van der Waals surface area contributed by atoms with Crippen LogP contribution in [0.2, 0.25) is 0 Å². The number of ketones is 1. The van der Waals surface area contributed by atoms with Gasteiger partial charge in [-0.1, -0.05) is 60.7 Å². The van der Waals surface area contributed by atoms with Crippen LogP contribution < -0.4 is 9.47 Å². The monoisotopic (exact) mass is 415 g/mol. The third kappa shape index (κ3) is 5.15. The van der Waals surface area contributed by atoms with Gasteiger partial charge >= 0.3 is 0 Å². The molecule has 0 radical (unpaired) electrons. The van der Waals surface area contributed by atoms with Crippen molar-refractivity contribution in [2.45, 2.75) is 46.1 Å². The summed E-state index contributed by atoms with van der Waals surface area (Å²) >= 11 is 0. The van der Waals surface area contributed by atoms with Gasteiger partial charge in [-0.3, -0.25) is 9.69 Å². The molecular weight excluding hydrogens is 386 g/mol. The minimum atomic E-state index is -0.105. The second-order valence-corrected chi connectivity index (χ2v) is 8.95. The zero-order valence-electron chi connectivity index (χ0n) is 18.4. The molecule has 3 aromatic carbocycles. The molecule has 1 heterocycles. The highest BCUT2D eigenvalue weighted by Crippen LogP contribution is 2.36. The van der Waals surface area contributed by atoms with E-state index in [1.807, 2.05) is 72.8 Å². The van der Waals surface area contributed by atoms with E-state index in [0.29, 0.717) is 43.4 Å². The lowest BCUT2D eigenvalue weighted by molar-refractivity contribution is 0.0739. The molecule has 4 rings (SSSR count). The molecule has 0 aliphatic carbocycles. The zero-order valence-corrected chi connectivity index (χ0v) is 18.4. The van der Waals surface area contributed by atoms with Crippen LogP contribution in [0.5, 0.6) is 11.5 Å². The summed E-state index contributed by atoms with van der Waals surface area (Å²) in [5.74, 6) is 1.47. The van der Waals surface area contributed by atoms with Gasteiger partial charge in [0.1, 0.15) is 24.7 Å². The molecule has 0 atom stereocenters. The number of carbonyl (C=O) groups is 1. The maximum Gasteiger partial charge on any atom is 0.177 e. The Kier molecular flexibility index (Phi) is 6.10. The van der Waals surface area contributed by atoms with E-state index in [1.54, 1.807) is 0 Å². The minimum absolute atomic E-state index is 0.103. The number of ether oxygens (including phenoxy) is 2. The molecule has 0 N–H and O–H groups in total. The molecule has 1 aliphatic rings. The molecule has 160 valence electrons. The van der Waals surface area contributed by atoms with Crippen LogP contribution in [-0.2, 0) is 19.8 Å². The lowest BCUT2D eigenvalue weighted by Crippen LogP contribution is -2.46. The van der Waals surface area contributed by atoms with E-state index in [2.05, 4.69) is 25.7 Å². The highest BCUT2D eigenvalue weighted by molar-refractivity contribution is 6.01. The van der Waals surface area contributed by atoms with Crippen molar-refractivity contribution in [3.8, 4) is 11.5 Å². The number of benzene rings is 3. The number of Topliss-reactive ketones (excluding diaryl/α,β-unsaturated/α-hetero) is 1. The summed E-state index contributed by atoms with van der Waals surface area (Å²) in [5.41, 5.74) is 3.70. The van der Waals surface area contributed by atoms with Crippen LogP contribution in [0, 0.1) is 0 Å². The van der Waals surface area contributed by atoms with Crippen LogP contribution in [0.15, 0.2) is 72.8 Å². The Morgan fingerprint density at radius 2 is 1.39 bits per heavy atom. The molecule has 0 saturated carbocycles. The predicted octanol–water partition coefficient (Wildman–Crippen LogP) is 5.64. The largest absolute Gasteiger partial charge is 0.489 e. The first-order chi connectivity index (χ1) is 14.9. The Balaban J connectivity index is 1.64. The third-order valence-electron chi connectivity index (χ3n) is 5.60. The fraction of sp³-hybridized carbons (Fsp3) is 0.296. The van der Waals surface area contributed by atoms with Crippen molar-refractivity contribution >= 4 is 5.78 Å². The number of rotatable bonds is 6. The number of carbonyl (C=O) groups excluding carboxylic acids is 1. The highest BCUT2D eigenvalue weighted by Gasteiger charge is 2.32. The van der Waals surface area contributed by atoms with Gasteiger partial charge in [0.2, 0.25) is 0 Å². The van der Waals surface area contributed by atoms with Crippen molar-refractivity contribution in [3.63, 3.8) is 0 Å². The van der Waals surface area contributed by atoms with Crippen molar-refractivity contribution in [1.82, 2.24) is 4.90 Å². The molecule has 0 unspecified atom stereocenters. The molecule has 31 heavy (non-hydrogen) atoms. The van der Waals surface area contributed by atoms with E-state index in [4.69, 9.17) is 9.47 Å². The summed E-state index contributed by atoms with van der Waals surface area (Å²) in [5, 5.41) is 0. The Labute approximate surface area is 184 Å². The first-order valence-corrected chi connectivity index (χ1v) is 10.7. The van der Waals surface area contributed by atoms with E-state index in [1.165, 1.54) is 0 Å². The van der Waals surface area contributed by atoms with E-state index < -0.39 is 0 Å². The molecule has 0 spiro atoms. The van der Waals surface area contributed by atoms with Crippen molar-refractivity contribution < 1.29 is 14.3 Å². The quantitative estimate of drug-likeness (QED) is 0.522. The zero-order chi connectivity index (χ0) is 21.8. The van der Waals surface area contributed by atoms with Gasteiger partial charge in [0.25, 0.3) is 0 Å². The molecular formula is C27H29NO3.